The lowest BCUT2D eigenvalue weighted by molar-refractivity contribution is -0.0672. The fraction of sp³-hybridized carbons (Fsp3) is 0.500. The Kier molecular flexibility index (Phi) is 4.83. The molecule has 2 N–H and O–H groups in total. The van der Waals surface area contributed by atoms with Crippen molar-refractivity contribution in [2.24, 2.45) is 23.2 Å². The Morgan fingerprint density at radius 2 is 1.62 bits per heavy atom. The van der Waals surface area contributed by atoms with Crippen molar-refractivity contribution in [2.45, 2.75) is 51.5 Å². The van der Waals surface area contributed by atoms with Crippen molar-refractivity contribution in [3.8, 4) is 0 Å². The SMILES string of the molecule is CC(NC(=S)NC(=O)c1cccc2c(Cl)cccc12)C12CC3CC(CC(C3)C1)C2. The highest BCUT2D eigenvalue weighted by molar-refractivity contribution is 7.80. The van der Waals surface area contributed by atoms with Gasteiger partial charge in [0.25, 0.3) is 5.91 Å². The van der Waals surface area contributed by atoms with Crippen LogP contribution in [0, 0.1) is 23.2 Å². The minimum atomic E-state index is -0.187. The summed E-state index contributed by atoms with van der Waals surface area (Å²) in [4.78, 5) is 12.9. The molecule has 1 atom stereocenters. The molecular formula is C24H27ClN2OS. The van der Waals surface area contributed by atoms with Crippen LogP contribution in [0.25, 0.3) is 10.8 Å². The van der Waals surface area contributed by atoms with E-state index in [0.717, 1.165) is 28.5 Å². The molecular weight excluding hydrogens is 400 g/mol. The molecule has 1 unspecified atom stereocenters. The zero-order valence-corrected chi connectivity index (χ0v) is 18.3. The van der Waals surface area contributed by atoms with Crippen molar-refractivity contribution in [3.05, 3.63) is 47.0 Å². The van der Waals surface area contributed by atoms with Crippen LogP contribution in [0.15, 0.2) is 36.4 Å². The van der Waals surface area contributed by atoms with Crippen LogP contribution in [0.3, 0.4) is 0 Å². The van der Waals surface area contributed by atoms with Crippen molar-refractivity contribution < 1.29 is 4.79 Å². The maximum atomic E-state index is 12.9. The van der Waals surface area contributed by atoms with Gasteiger partial charge in [0.2, 0.25) is 0 Å². The first kappa shape index (κ1) is 19.3. The summed E-state index contributed by atoms with van der Waals surface area (Å²) in [6, 6.07) is 11.5. The van der Waals surface area contributed by atoms with Gasteiger partial charge in [-0.25, -0.2) is 0 Å². The molecule has 4 bridgehead atoms. The average Bonchev–Trinajstić information content (AvgIpc) is 2.66. The Bertz CT molecular complexity index is 953. The van der Waals surface area contributed by atoms with E-state index in [1.165, 1.54) is 38.5 Å². The van der Waals surface area contributed by atoms with Gasteiger partial charge in [-0.1, -0.05) is 35.9 Å². The van der Waals surface area contributed by atoms with Crippen LogP contribution < -0.4 is 10.6 Å². The highest BCUT2D eigenvalue weighted by Gasteiger charge is 2.53. The van der Waals surface area contributed by atoms with Crippen LogP contribution in [0.4, 0.5) is 0 Å². The van der Waals surface area contributed by atoms with E-state index < -0.39 is 0 Å². The van der Waals surface area contributed by atoms with E-state index in [-0.39, 0.29) is 11.9 Å². The number of hydrogen-bond acceptors (Lipinski definition) is 2. The summed E-state index contributed by atoms with van der Waals surface area (Å²) >= 11 is 11.8. The second-order valence-corrected chi connectivity index (χ2v) is 10.4. The van der Waals surface area contributed by atoms with Crippen LogP contribution in [-0.4, -0.2) is 17.1 Å². The van der Waals surface area contributed by atoms with E-state index in [4.69, 9.17) is 23.8 Å². The molecule has 3 nitrogen and oxygen atoms in total. The topological polar surface area (TPSA) is 41.1 Å². The van der Waals surface area contributed by atoms with E-state index in [0.29, 0.717) is 21.1 Å². The molecule has 4 aliphatic carbocycles. The number of benzene rings is 2. The van der Waals surface area contributed by atoms with Gasteiger partial charge in [0, 0.05) is 22.0 Å². The van der Waals surface area contributed by atoms with Crippen molar-refractivity contribution >= 4 is 45.6 Å². The Labute approximate surface area is 182 Å². The molecule has 0 radical (unpaired) electrons. The van der Waals surface area contributed by atoms with E-state index in [9.17, 15) is 4.79 Å². The monoisotopic (exact) mass is 426 g/mol. The summed E-state index contributed by atoms with van der Waals surface area (Å²) in [5.74, 6) is 2.50. The van der Waals surface area contributed by atoms with E-state index in [2.05, 4.69) is 17.6 Å². The summed E-state index contributed by atoms with van der Waals surface area (Å²) in [6.45, 7) is 2.25. The van der Waals surface area contributed by atoms with Gasteiger partial charge in [-0.15, -0.1) is 0 Å². The van der Waals surface area contributed by atoms with Gasteiger partial charge in [-0.05, 0) is 98.4 Å². The fourth-order valence-corrected chi connectivity index (χ4v) is 7.24. The molecule has 5 heteroatoms. The van der Waals surface area contributed by atoms with Gasteiger partial charge in [-0.2, -0.15) is 0 Å². The summed E-state index contributed by atoms with van der Waals surface area (Å²) in [6.07, 6.45) is 8.22. The molecule has 0 saturated heterocycles. The third kappa shape index (κ3) is 3.44. The molecule has 1 amide bonds. The van der Waals surface area contributed by atoms with Crippen LogP contribution >= 0.6 is 23.8 Å². The van der Waals surface area contributed by atoms with E-state index >= 15 is 0 Å². The Hall–Kier alpha value is -1.65. The minimum absolute atomic E-state index is 0.187. The van der Waals surface area contributed by atoms with Crippen molar-refractivity contribution in [1.82, 2.24) is 10.6 Å². The van der Waals surface area contributed by atoms with Crippen LogP contribution in [-0.2, 0) is 0 Å². The average molecular weight is 427 g/mol. The normalized spacial score (nSPS) is 30.9. The molecule has 2 aromatic carbocycles. The molecule has 0 spiro atoms. The third-order valence-electron chi connectivity index (χ3n) is 7.69. The number of hydrogen-bond donors (Lipinski definition) is 2. The largest absolute Gasteiger partial charge is 0.359 e. The summed E-state index contributed by atoms with van der Waals surface area (Å²) in [7, 11) is 0. The maximum Gasteiger partial charge on any atom is 0.258 e. The van der Waals surface area contributed by atoms with Gasteiger partial charge in [-0.3, -0.25) is 10.1 Å². The molecule has 2 aromatic rings. The number of carbonyl (C=O) groups is 1. The highest BCUT2D eigenvalue weighted by atomic mass is 35.5. The van der Waals surface area contributed by atoms with Crippen LogP contribution in [0.5, 0.6) is 0 Å². The lowest BCUT2D eigenvalue weighted by atomic mass is 9.48. The summed E-state index contributed by atoms with van der Waals surface area (Å²) in [5, 5.41) is 9.17. The number of nitrogens with one attached hydrogen (secondary N) is 2. The predicted octanol–water partition coefficient (Wildman–Crippen LogP) is 5.70. The fourth-order valence-electron chi connectivity index (χ4n) is 6.73. The molecule has 4 aliphatic rings. The van der Waals surface area contributed by atoms with Gasteiger partial charge in [0.1, 0.15) is 0 Å². The molecule has 0 aromatic heterocycles. The summed E-state index contributed by atoms with van der Waals surface area (Å²) in [5.41, 5.74) is 0.938. The zero-order chi connectivity index (χ0) is 20.2. The number of amides is 1. The predicted molar refractivity (Wildman–Crippen MR) is 122 cm³/mol. The molecule has 4 fully saturated rings. The Morgan fingerprint density at radius 3 is 2.28 bits per heavy atom. The van der Waals surface area contributed by atoms with Crippen molar-refractivity contribution in [1.29, 1.82) is 0 Å². The number of rotatable bonds is 3. The Morgan fingerprint density at radius 1 is 1.03 bits per heavy atom. The number of carbonyl (C=O) groups excluding carboxylic acids is 1. The third-order valence-corrected chi connectivity index (χ3v) is 8.24. The second kappa shape index (κ2) is 7.24. The zero-order valence-electron chi connectivity index (χ0n) is 16.7. The van der Waals surface area contributed by atoms with Crippen LogP contribution in [0.1, 0.15) is 55.8 Å². The van der Waals surface area contributed by atoms with Crippen LogP contribution in [0.2, 0.25) is 5.02 Å². The number of thiocarbonyl (C=S) groups is 1. The smallest absolute Gasteiger partial charge is 0.258 e. The minimum Gasteiger partial charge on any atom is -0.359 e. The summed E-state index contributed by atoms with van der Waals surface area (Å²) < 4.78 is 0. The number of fused-ring (bicyclic) bond motifs is 1. The van der Waals surface area contributed by atoms with Gasteiger partial charge in [0.05, 0.1) is 0 Å². The van der Waals surface area contributed by atoms with E-state index in [1.807, 2.05) is 36.4 Å². The molecule has 4 saturated carbocycles. The standard InChI is InChI=1S/C24H27ClN2OS/c1-14(24-11-15-8-16(12-24)10-17(9-15)13-24)26-23(29)27-22(28)20-6-2-5-19-18(20)4-3-7-21(19)25/h2-7,14-17H,8-13H2,1H3,(H2,26,27,28,29). The lowest BCUT2D eigenvalue weighted by Crippen LogP contribution is -2.57. The molecule has 0 aliphatic heterocycles. The second-order valence-electron chi connectivity index (χ2n) is 9.57. The molecule has 6 rings (SSSR count). The first-order valence-electron chi connectivity index (χ1n) is 10.7. The Balaban J connectivity index is 1.29. The highest BCUT2D eigenvalue weighted by Crippen LogP contribution is 2.61. The number of halogens is 1. The van der Waals surface area contributed by atoms with Crippen molar-refractivity contribution in [3.63, 3.8) is 0 Å². The first-order valence-corrected chi connectivity index (χ1v) is 11.5. The molecule has 0 heterocycles. The van der Waals surface area contributed by atoms with Gasteiger partial charge in [0.15, 0.2) is 5.11 Å². The maximum absolute atomic E-state index is 12.9. The van der Waals surface area contributed by atoms with E-state index in [1.54, 1.807) is 0 Å². The quantitative estimate of drug-likeness (QED) is 0.618. The van der Waals surface area contributed by atoms with Gasteiger partial charge < -0.3 is 5.32 Å². The first-order chi connectivity index (χ1) is 13.9. The van der Waals surface area contributed by atoms with Gasteiger partial charge >= 0.3 is 0 Å². The molecule has 152 valence electrons. The lowest BCUT2D eigenvalue weighted by Gasteiger charge is -2.59. The molecule has 29 heavy (non-hydrogen) atoms. The van der Waals surface area contributed by atoms with Crippen molar-refractivity contribution in [2.75, 3.05) is 0 Å².